The lowest BCUT2D eigenvalue weighted by molar-refractivity contribution is 1.30. The zero-order chi connectivity index (χ0) is 37.2. The van der Waals surface area contributed by atoms with Crippen LogP contribution >= 0.6 is 0 Å². The highest BCUT2D eigenvalue weighted by Gasteiger charge is 2.18. The molecule has 0 bridgehead atoms. The van der Waals surface area contributed by atoms with Gasteiger partial charge >= 0.3 is 0 Å². The van der Waals surface area contributed by atoms with Crippen LogP contribution in [-0.4, -0.2) is 0 Å². The van der Waals surface area contributed by atoms with E-state index in [9.17, 15) is 5.48 Å². The number of benzene rings is 10. The van der Waals surface area contributed by atoms with Crippen LogP contribution in [0.3, 0.4) is 0 Å². The minimum atomic E-state index is -0.108. The SMILES string of the molecule is [2H]c1c([2H])c(N(c2ccc(-c3cccc4ccccc34)cc2)c2cc3ccccc3c3ccccc23)c([2H])c([2H])c1-c1cc2ccccc2c2ccccc12. The van der Waals surface area contributed by atoms with Crippen LogP contribution in [0.2, 0.25) is 0 Å². The van der Waals surface area contributed by atoms with Crippen molar-refractivity contribution in [2.75, 3.05) is 4.90 Å². The Kier molecular flexibility index (Phi) is 5.96. The molecule has 0 saturated carbocycles. The Balaban J connectivity index is 1.24. The molecule has 1 heteroatoms. The number of fused-ring (bicyclic) bond motifs is 7. The Labute approximate surface area is 302 Å². The fourth-order valence-electron chi connectivity index (χ4n) is 7.69. The van der Waals surface area contributed by atoms with Gasteiger partial charge in [0.05, 0.1) is 11.2 Å². The molecule has 10 rings (SSSR count). The maximum absolute atomic E-state index is 9.73. The first-order valence-corrected chi connectivity index (χ1v) is 17.3. The monoisotopic (exact) mass is 651 g/mol. The van der Waals surface area contributed by atoms with E-state index < -0.39 is 0 Å². The van der Waals surface area contributed by atoms with Gasteiger partial charge in [0.1, 0.15) is 0 Å². The summed E-state index contributed by atoms with van der Waals surface area (Å²) >= 11 is 0. The number of hydrogen-bond acceptors (Lipinski definition) is 1. The molecular weight excluding hydrogens is 615 g/mol. The van der Waals surface area contributed by atoms with E-state index in [4.69, 9.17) is 0 Å². The largest absolute Gasteiger partial charge is 0.310 e. The van der Waals surface area contributed by atoms with Crippen molar-refractivity contribution in [2.45, 2.75) is 0 Å². The van der Waals surface area contributed by atoms with Crippen molar-refractivity contribution < 1.29 is 5.48 Å². The van der Waals surface area contributed by atoms with Gasteiger partial charge in [-0.3, -0.25) is 0 Å². The normalized spacial score (nSPS) is 12.6. The summed E-state index contributed by atoms with van der Waals surface area (Å²) in [4.78, 5) is 1.92. The molecule has 0 saturated heterocycles. The van der Waals surface area contributed by atoms with Crippen LogP contribution in [-0.2, 0) is 0 Å². The Morgan fingerprint density at radius 2 is 0.824 bits per heavy atom. The molecule has 0 aliphatic rings. The summed E-state index contributed by atoms with van der Waals surface area (Å²) in [6, 6.07) is 59.2. The average molecular weight is 652 g/mol. The highest BCUT2D eigenvalue weighted by atomic mass is 15.1. The van der Waals surface area contributed by atoms with Gasteiger partial charge in [0.25, 0.3) is 0 Å². The van der Waals surface area contributed by atoms with E-state index in [1.54, 1.807) is 0 Å². The lowest BCUT2D eigenvalue weighted by Gasteiger charge is -2.28. The Morgan fingerprint density at radius 1 is 0.314 bits per heavy atom. The fourth-order valence-corrected chi connectivity index (χ4v) is 7.69. The molecule has 0 atom stereocenters. The van der Waals surface area contributed by atoms with Crippen molar-refractivity contribution in [3.05, 3.63) is 200 Å². The minimum Gasteiger partial charge on any atom is -0.310 e. The summed E-state index contributed by atoms with van der Waals surface area (Å²) in [6.07, 6.45) is 0. The van der Waals surface area contributed by atoms with E-state index in [1.165, 1.54) is 0 Å². The topological polar surface area (TPSA) is 3.24 Å². The first-order chi connectivity index (χ1) is 27.0. The summed E-state index contributed by atoms with van der Waals surface area (Å²) in [7, 11) is 0. The molecule has 238 valence electrons. The number of hydrogen-bond donors (Lipinski definition) is 0. The maximum Gasteiger partial charge on any atom is 0.0645 e. The second-order valence-corrected chi connectivity index (χ2v) is 13.0. The van der Waals surface area contributed by atoms with E-state index in [-0.39, 0.29) is 35.4 Å². The van der Waals surface area contributed by atoms with Gasteiger partial charge < -0.3 is 4.90 Å². The van der Waals surface area contributed by atoms with E-state index in [1.807, 2.05) is 89.8 Å². The number of nitrogens with zero attached hydrogens (tertiary/aromatic N) is 1. The lowest BCUT2D eigenvalue weighted by Crippen LogP contribution is -2.10. The molecule has 0 aliphatic heterocycles. The predicted molar refractivity (Wildman–Crippen MR) is 220 cm³/mol. The minimum absolute atomic E-state index is 0.0843. The van der Waals surface area contributed by atoms with E-state index in [2.05, 4.69) is 91.0 Å². The molecule has 0 spiro atoms. The van der Waals surface area contributed by atoms with Gasteiger partial charge in [-0.05, 0) is 107 Å². The number of anilines is 3. The second kappa shape index (κ2) is 12.0. The quantitative estimate of drug-likeness (QED) is 0.167. The molecule has 0 unspecified atom stereocenters. The molecule has 0 aromatic heterocycles. The van der Waals surface area contributed by atoms with Crippen LogP contribution in [0, 0.1) is 0 Å². The molecule has 0 heterocycles. The molecule has 0 N–H and O–H groups in total. The van der Waals surface area contributed by atoms with Gasteiger partial charge in [-0.1, -0.05) is 164 Å². The van der Waals surface area contributed by atoms with E-state index >= 15 is 0 Å². The summed E-state index contributed by atoms with van der Waals surface area (Å²) in [5.41, 5.74) is 4.83. The molecule has 0 aliphatic carbocycles. The highest BCUT2D eigenvalue weighted by Crippen LogP contribution is 2.44. The summed E-state index contributed by atoms with van der Waals surface area (Å²) in [6.45, 7) is 0. The Bertz CT molecular complexity index is 3120. The van der Waals surface area contributed by atoms with Gasteiger partial charge in [0, 0.05) is 16.8 Å². The van der Waals surface area contributed by atoms with E-state index in [0.717, 1.165) is 76.4 Å². The highest BCUT2D eigenvalue weighted by molar-refractivity contribution is 6.15. The predicted octanol–water partition coefficient (Wildman–Crippen LogP) is 14.3. The van der Waals surface area contributed by atoms with Crippen LogP contribution < -0.4 is 4.90 Å². The third-order valence-electron chi connectivity index (χ3n) is 10.1. The van der Waals surface area contributed by atoms with Gasteiger partial charge in [0.15, 0.2) is 0 Å². The lowest BCUT2D eigenvalue weighted by atomic mass is 9.93. The van der Waals surface area contributed by atoms with Crippen molar-refractivity contribution in [2.24, 2.45) is 0 Å². The molecule has 51 heavy (non-hydrogen) atoms. The first kappa shape index (κ1) is 25.3. The van der Waals surface area contributed by atoms with Crippen molar-refractivity contribution in [3.63, 3.8) is 0 Å². The third kappa shape index (κ3) is 4.94. The van der Waals surface area contributed by atoms with Crippen LogP contribution in [0.15, 0.2) is 200 Å². The van der Waals surface area contributed by atoms with E-state index in [0.29, 0.717) is 5.56 Å². The van der Waals surface area contributed by atoms with Crippen molar-refractivity contribution >= 4 is 70.9 Å². The average Bonchev–Trinajstić information content (AvgIpc) is 3.24. The van der Waals surface area contributed by atoms with Gasteiger partial charge in [-0.25, -0.2) is 0 Å². The van der Waals surface area contributed by atoms with Crippen LogP contribution in [0.1, 0.15) is 5.48 Å². The molecule has 0 radical (unpaired) electrons. The number of rotatable bonds is 5. The van der Waals surface area contributed by atoms with Crippen molar-refractivity contribution in [3.8, 4) is 22.3 Å². The summed E-state index contributed by atoms with van der Waals surface area (Å²) in [5.74, 6) is 0. The molecule has 10 aromatic carbocycles. The Hall–Kier alpha value is -6.70. The van der Waals surface area contributed by atoms with Crippen molar-refractivity contribution in [1.82, 2.24) is 0 Å². The molecule has 0 fully saturated rings. The Morgan fingerprint density at radius 3 is 1.51 bits per heavy atom. The van der Waals surface area contributed by atoms with Crippen LogP contribution in [0.4, 0.5) is 17.1 Å². The van der Waals surface area contributed by atoms with Crippen LogP contribution in [0.5, 0.6) is 0 Å². The smallest absolute Gasteiger partial charge is 0.0645 e. The second-order valence-electron chi connectivity index (χ2n) is 13.0. The molecule has 0 amide bonds. The maximum atomic E-state index is 9.73. The molecular formula is C50H33N. The van der Waals surface area contributed by atoms with Gasteiger partial charge in [0.2, 0.25) is 0 Å². The van der Waals surface area contributed by atoms with Gasteiger partial charge in [-0.2, -0.15) is 0 Å². The third-order valence-corrected chi connectivity index (χ3v) is 10.1. The first-order valence-electron chi connectivity index (χ1n) is 19.3. The zero-order valence-electron chi connectivity index (χ0n) is 31.7. The van der Waals surface area contributed by atoms with Crippen molar-refractivity contribution in [1.29, 1.82) is 0 Å². The van der Waals surface area contributed by atoms with Gasteiger partial charge in [-0.15, -0.1) is 0 Å². The molecule has 1 nitrogen and oxygen atoms in total. The zero-order valence-corrected chi connectivity index (χ0v) is 27.7. The standard InChI is InChI=1S/C50H33N/c1-4-16-41-34(12-1)15-11-23-42(41)35-24-28-39(29-25-35)51(50-33-38-14-3-6-18-44(38)46-20-9-10-22-48(46)50)40-30-26-36(27-31-40)49-32-37-13-2-5-17-43(37)45-19-7-8-21-47(45)49/h1-33H/i26D,27D,30D,31D. The van der Waals surface area contributed by atoms with Crippen LogP contribution in [0.25, 0.3) is 76.1 Å². The fraction of sp³-hybridized carbons (Fsp3) is 0. The summed E-state index contributed by atoms with van der Waals surface area (Å²) < 4.78 is 38.7. The molecule has 10 aromatic rings. The summed E-state index contributed by atoms with van der Waals surface area (Å²) in [5, 5.41) is 10.4.